The summed E-state index contributed by atoms with van der Waals surface area (Å²) in [5, 5.41) is 1.51. The highest BCUT2D eigenvalue weighted by atomic mass is 35.5. The first-order valence-electron chi connectivity index (χ1n) is 6.35. The minimum atomic E-state index is -0.0400. The first-order valence-corrected chi connectivity index (χ1v) is 6.73. The molecule has 2 nitrogen and oxygen atoms in total. The molecule has 0 saturated carbocycles. The normalized spacial score (nSPS) is 10.9. The van der Waals surface area contributed by atoms with Crippen molar-refractivity contribution in [2.45, 2.75) is 13.8 Å². The van der Waals surface area contributed by atoms with Crippen LogP contribution >= 0.6 is 11.6 Å². The van der Waals surface area contributed by atoms with Gasteiger partial charge in [-0.2, -0.15) is 0 Å². The van der Waals surface area contributed by atoms with E-state index in [1.165, 1.54) is 12.5 Å². The van der Waals surface area contributed by atoms with Crippen molar-refractivity contribution >= 4 is 28.4 Å². The summed E-state index contributed by atoms with van der Waals surface area (Å²) in [5.41, 5.74) is 3.43. The molecule has 0 unspecified atom stereocenters. The summed E-state index contributed by atoms with van der Waals surface area (Å²) < 4.78 is 5.82. The van der Waals surface area contributed by atoms with E-state index in [-0.39, 0.29) is 5.78 Å². The van der Waals surface area contributed by atoms with Gasteiger partial charge in [0, 0.05) is 16.5 Å². The second-order valence-electron chi connectivity index (χ2n) is 4.90. The number of hydrogen-bond donors (Lipinski definition) is 0. The summed E-state index contributed by atoms with van der Waals surface area (Å²) in [7, 11) is 0. The van der Waals surface area contributed by atoms with Crippen molar-refractivity contribution in [1.29, 1.82) is 0 Å². The number of fused-ring (bicyclic) bond motifs is 1. The molecule has 0 N–H and O–H groups in total. The molecule has 3 aromatic rings. The van der Waals surface area contributed by atoms with Crippen LogP contribution in [0.3, 0.4) is 0 Å². The van der Waals surface area contributed by atoms with Crippen LogP contribution in [0.15, 0.2) is 46.9 Å². The molecule has 3 rings (SSSR count). The number of furan rings is 1. The van der Waals surface area contributed by atoms with Crippen LogP contribution in [-0.2, 0) is 0 Å². The fraction of sp³-hybridized carbons (Fsp3) is 0.118. The minimum Gasteiger partial charge on any atom is -0.456 e. The van der Waals surface area contributed by atoms with Gasteiger partial charge in [0.25, 0.3) is 0 Å². The summed E-state index contributed by atoms with van der Waals surface area (Å²) in [5.74, 6) is 0.712. The van der Waals surface area contributed by atoms with Gasteiger partial charge in [-0.3, -0.25) is 4.79 Å². The summed E-state index contributed by atoms with van der Waals surface area (Å²) >= 11 is 6.14. The van der Waals surface area contributed by atoms with Crippen LogP contribution in [0.1, 0.15) is 22.8 Å². The number of ketones is 1. The van der Waals surface area contributed by atoms with Crippen molar-refractivity contribution in [3.05, 3.63) is 58.6 Å². The smallest absolute Gasteiger partial charge is 0.161 e. The number of carbonyl (C=O) groups excluding carboxylic acids is 1. The molecule has 0 amide bonds. The van der Waals surface area contributed by atoms with Crippen LogP contribution in [0.25, 0.3) is 22.3 Å². The van der Waals surface area contributed by atoms with E-state index in [4.69, 9.17) is 16.0 Å². The molecule has 100 valence electrons. The quantitative estimate of drug-likeness (QED) is 0.601. The average Bonchev–Trinajstić information content (AvgIpc) is 2.81. The van der Waals surface area contributed by atoms with Gasteiger partial charge < -0.3 is 4.42 Å². The Labute approximate surface area is 122 Å². The molecule has 1 aromatic heterocycles. The summed E-state index contributed by atoms with van der Waals surface area (Å²) in [4.78, 5) is 11.4. The third kappa shape index (κ3) is 2.23. The van der Waals surface area contributed by atoms with E-state index in [1.54, 1.807) is 12.1 Å². The zero-order valence-electron chi connectivity index (χ0n) is 11.2. The first kappa shape index (κ1) is 12.9. The van der Waals surface area contributed by atoms with Gasteiger partial charge >= 0.3 is 0 Å². The molecule has 0 spiro atoms. The van der Waals surface area contributed by atoms with Crippen molar-refractivity contribution in [1.82, 2.24) is 0 Å². The molecular formula is C17H13ClO2. The predicted molar refractivity (Wildman–Crippen MR) is 81.4 cm³/mol. The summed E-state index contributed by atoms with van der Waals surface area (Å²) in [6, 6.07) is 13.4. The third-order valence-corrected chi connectivity index (χ3v) is 3.62. The topological polar surface area (TPSA) is 30.2 Å². The highest BCUT2D eigenvalue weighted by molar-refractivity contribution is 6.34. The van der Waals surface area contributed by atoms with Gasteiger partial charge in [0.15, 0.2) is 5.78 Å². The molecule has 0 aliphatic rings. The van der Waals surface area contributed by atoms with E-state index in [9.17, 15) is 4.79 Å². The lowest BCUT2D eigenvalue weighted by Crippen LogP contribution is -1.92. The minimum absolute atomic E-state index is 0.0400. The highest BCUT2D eigenvalue weighted by Crippen LogP contribution is 2.31. The maximum atomic E-state index is 11.4. The Hall–Kier alpha value is -2.06. The maximum Gasteiger partial charge on any atom is 0.161 e. The molecular weight excluding hydrogens is 272 g/mol. The zero-order valence-corrected chi connectivity index (χ0v) is 12.0. The molecule has 0 aliphatic carbocycles. The number of benzene rings is 2. The Morgan fingerprint density at radius 3 is 2.60 bits per heavy atom. The Morgan fingerprint density at radius 1 is 1.10 bits per heavy atom. The zero-order chi connectivity index (χ0) is 14.3. The van der Waals surface area contributed by atoms with Crippen LogP contribution in [0.5, 0.6) is 0 Å². The number of halogens is 1. The standard InChI is InChI=1S/C17H13ClO2/c1-10-3-6-16-13(7-10)9-17(20-16)12-4-5-14(11(2)19)15(18)8-12/h3-9H,1-2H3. The first-order chi connectivity index (χ1) is 9.54. The Balaban J connectivity index is 2.11. The van der Waals surface area contributed by atoms with Gasteiger partial charge in [0.05, 0.1) is 5.02 Å². The van der Waals surface area contributed by atoms with Gasteiger partial charge in [0.1, 0.15) is 11.3 Å². The average molecular weight is 285 g/mol. The largest absolute Gasteiger partial charge is 0.456 e. The number of hydrogen-bond acceptors (Lipinski definition) is 2. The predicted octanol–water partition coefficient (Wildman–Crippen LogP) is 5.26. The Bertz CT molecular complexity index is 815. The van der Waals surface area contributed by atoms with Crippen LogP contribution in [0.2, 0.25) is 5.02 Å². The van der Waals surface area contributed by atoms with Gasteiger partial charge in [-0.25, -0.2) is 0 Å². The number of Topliss-reactive ketones (excluding diaryl/α,β-unsaturated/α-hetero) is 1. The van der Waals surface area contributed by atoms with E-state index in [1.807, 2.05) is 31.2 Å². The van der Waals surface area contributed by atoms with Crippen molar-refractivity contribution in [3.63, 3.8) is 0 Å². The van der Waals surface area contributed by atoms with Crippen molar-refractivity contribution < 1.29 is 9.21 Å². The maximum absolute atomic E-state index is 11.4. The molecule has 0 fully saturated rings. The lowest BCUT2D eigenvalue weighted by atomic mass is 10.1. The van der Waals surface area contributed by atoms with E-state index in [2.05, 4.69) is 6.07 Å². The molecule has 1 heterocycles. The number of rotatable bonds is 2. The lowest BCUT2D eigenvalue weighted by molar-refractivity contribution is 0.101. The molecule has 0 atom stereocenters. The van der Waals surface area contributed by atoms with Gasteiger partial charge in [-0.1, -0.05) is 29.3 Å². The van der Waals surface area contributed by atoms with Crippen molar-refractivity contribution in [3.8, 4) is 11.3 Å². The fourth-order valence-corrected chi connectivity index (χ4v) is 2.57. The van der Waals surface area contributed by atoms with Gasteiger partial charge in [-0.15, -0.1) is 0 Å². The molecule has 20 heavy (non-hydrogen) atoms. The molecule has 0 saturated heterocycles. The molecule has 0 aliphatic heterocycles. The highest BCUT2D eigenvalue weighted by Gasteiger charge is 2.10. The van der Waals surface area contributed by atoms with E-state index in [0.29, 0.717) is 10.6 Å². The lowest BCUT2D eigenvalue weighted by Gasteiger charge is -2.02. The van der Waals surface area contributed by atoms with E-state index >= 15 is 0 Å². The molecule has 2 aromatic carbocycles. The van der Waals surface area contributed by atoms with Crippen molar-refractivity contribution in [2.75, 3.05) is 0 Å². The van der Waals surface area contributed by atoms with E-state index in [0.717, 1.165) is 22.3 Å². The molecule has 0 radical (unpaired) electrons. The number of carbonyl (C=O) groups is 1. The summed E-state index contributed by atoms with van der Waals surface area (Å²) in [6.07, 6.45) is 0. The van der Waals surface area contributed by atoms with Crippen LogP contribution < -0.4 is 0 Å². The Kier molecular flexibility index (Phi) is 3.11. The van der Waals surface area contributed by atoms with Crippen LogP contribution in [-0.4, -0.2) is 5.78 Å². The third-order valence-electron chi connectivity index (χ3n) is 3.30. The van der Waals surface area contributed by atoms with Crippen molar-refractivity contribution in [2.24, 2.45) is 0 Å². The number of aryl methyl sites for hydroxylation is 1. The molecule has 3 heteroatoms. The van der Waals surface area contributed by atoms with E-state index < -0.39 is 0 Å². The van der Waals surface area contributed by atoms with Crippen LogP contribution in [0, 0.1) is 6.92 Å². The monoisotopic (exact) mass is 284 g/mol. The van der Waals surface area contributed by atoms with Gasteiger partial charge in [0.2, 0.25) is 0 Å². The fourth-order valence-electron chi connectivity index (χ4n) is 2.26. The second-order valence-corrected chi connectivity index (χ2v) is 5.31. The SMILES string of the molecule is CC(=O)c1ccc(-c2cc3cc(C)ccc3o2)cc1Cl. The van der Waals surface area contributed by atoms with Gasteiger partial charge in [-0.05, 0) is 44.2 Å². The summed E-state index contributed by atoms with van der Waals surface area (Å²) in [6.45, 7) is 3.55. The second kappa shape index (κ2) is 4.80. The van der Waals surface area contributed by atoms with Crippen LogP contribution in [0.4, 0.5) is 0 Å². The Morgan fingerprint density at radius 2 is 1.90 bits per heavy atom. The molecule has 0 bridgehead atoms.